The predicted molar refractivity (Wildman–Crippen MR) is 65.7 cm³/mol. The van der Waals surface area contributed by atoms with Crippen molar-refractivity contribution >= 4 is 35.5 Å². The molecule has 0 heterocycles. The minimum absolute atomic E-state index is 0. The summed E-state index contributed by atoms with van der Waals surface area (Å²) in [5.74, 6) is -0.692. The van der Waals surface area contributed by atoms with E-state index in [2.05, 4.69) is 18.7 Å². The van der Waals surface area contributed by atoms with Crippen molar-refractivity contribution in [3.8, 4) is 0 Å². The van der Waals surface area contributed by atoms with Gasteiger partial charge in [-0.1, -0.05) is 26.7 Å². The molecule has 0 amide bonds. The summed E-state index contributed by atoms with van der Waals surface area (Å²) in [6, 6.07) is 0. The Morgan fingerprint density at radius 2 is 1.53 bits per heavy atom. The number of carbonyl (C=O) groups is 1. The van der Waals surface area contributed by atoms with Crippen LogP contribution in [0.4, 0.5) is 0 Å². The van der Waals surface area contributed by atoms with Crippen molar-refractivity contribution in [2.24, 2.45) is 0 Å². The standard InChI is InChI=1S/C11H23NO2.Na.H/c1-3-5-8-12(9-6-4-2)10-7-11(13)14;;/h3-10H2,1-2H3,(H,13,14);;. The molecule has 0 aromatic rings. The summed E-state index contributed by atoms with van der Waals surface area (Å²) in [6.45, 7) is 7.12. The summed E-state index contributed by atoms with van der Waals surface area (Å²) in [5.41, 5.74) is 0. The molecule has 0 saturated heterocycles. The monoisotopic (exact) mass is 225 g/mol. The van der Waals surface area contributed by atoms with E-state index in [-0.39, 0.29) is 36.0 Å². The van der Waals surface area contributed by atoms with Crippen LogP contribution in [0.25, 0.3) is 0 Å². The molecule has 0 aromatic carbocycles. The second kappa shape index (κ2) is 12.5. The van der Waals surface area contributed by atoms with E-state index in [4.69, 9.17) is 5.11 Å². The SMILES string of the molecule is CCCCN(CCCC)CCC(=O)O.[NaH]. The first-order valence-corrected chi connectivity index (χ1v) is 5.64. The van der Waals surface area contributed by atoms with Gasteiger partial charge in [0.1, 0.15) is 0 Å². The maximum absolute atomic E-state index is 10.4. The fraction of sp³-hybridized carbons (Fsp3) is 0.909. The molecule has 86 valence electrons. The second-order valence-corrected chi connectivity index (χ2v) is 3.69. The molecule has 4 heteroatoms. The molecule has 0 saturated carbocycles. The molecule has 0 aliphatic carbocycles. The number of aliphatic carboxylic acids is 1. The average molecular weight is 225 g/mol. The van der Waals surface area contributed by atoms with E-state index in [9.17, 15) is 4.79 Å². The Bertz CT molecular complexity index is 146. The average Bonchev–Trinajstić information content (AvgIpc) is 2.16. The summed E-state index contributed by atoms with van der Waals surface area (Å²) in [6.07, 6.45) is 4.96. The molecule has 0 aromatic heterocycles. The van der Waals surface area contributed by atoms with Crippen LogP contribution in [0.2, 0.25) is 0 Å². The normalized spacial score (nSPS) is 10.1. The van der Waals surface area contributed by atoms with E-state index in [0.29, 0.717) is 6.54 Å². The second-order valence-electron chi connectivity index (χ2n) is 3.69. The molecule has 15 heavy (non-hydrogen) atoms. The number of carboxylic acids is 1. The number of hydrogen-bond acceptors (Lipinski definition) is 2. The molecule has 0 bridgehead atoms. The molecular weight excluding hydrogens is 201 g/mol. The number of unbranched alkanes of at least 4 members (excludes halogenated alkanes) is 2. The van der Waals surface area contributed by atoms with Gasteiger partial charge in [0, 0.05) is 6.54 Å². The Labute approximate surface area is 116 Å². The molecule has 0 fully saturated rings. The van der Waals surface area contributed by atoms with Gasteiger partial charge in [0.25, 0.3) is 0 Å². The molecule has 0 aliphatic rings. The number of carboxylic acid groups (broad SMARTS) is 1. The van der Waals surface area contributed by atoms with Gasteiger partial charge in [-0.3, -0.25) is 4.79 Å². The minimum atomic E-state index is -0.692. The Balaban J connectivity index is 0. The summed E-state index contributed by atoms with van der Waals surface area (Å²) in [4.78, 5) is 12.7. The molecule has 0 unspecified atom stereocenters. The van der Waals surface area contributed by atoms with Crippen molar-refractivity contribution in [3.05, 3.63) is 0 Å². The van der Waals surface area contributed by atoms with Crippen LogP contribution in [-0.2, 0) is 4.79 Å². The fourth-order valence-corrected chi connectivity index (χ4v) is 1.35. The first-order valence-electron chi connectivity index (χ1n) is 5.64. The topological polar surface area (TPSA) is 40.5 Å². The van der Waals surface area contributed by atoms with Crippen molar-refractivity contribution in [3.63, 3.8) is 0 Å². The third-order valence-electron chi connectivity index (χ3n) is 2.30. The van der Waals surface area contributed by atoms with E-state index >= 15 is 0 Å². The Kier molecular flexibility index (Phi) is 14.8. The van der Waals surface area contributed by atoms with Crippen molar-refractivity contribution in [2.75, 3.05) is 19.6 Å². The van der Waals surface area contributed by atoms with Crippen LogP contribution in [0.3, 0.4) is 0 Å². The molecule has 3 nitrogen and oxygen atoms in total. The summed E-state index contributed by atoms with van der Waals surface area (Å²) < 4.78 is 0. The van der Waals surface area contributed by atoms with Gasteiger partial charge >= 0.3 is 35.5 Å². The van der Waals surface area contributed by atoms with Crippen molar-refractivity contribution in [2.45, 2.75) is 46.0 Å². The van der Waals surface area contributed by atoms with Crippen LogP contribution in [-0.4, -0.2) is 65.2 Å². The molecule has 0 atom stereocenters. The van der Waals surface area contributed by atoms with E-state index in [1.807, 2.05) is 0 Å². The summed E-state index contributed by atoms with van der Waals surface area (Å²) in [7, 11) is 0. The summed E-state index contributed by atoms with van der Waals surface area (Å²) in [5, 5.41) is 8.59. The zero-order valence-corrected chi connectivity index (χ0v) is 9.46. The zero-order valence-electron chi connectivity index (χ0n) is 9.46. The number of rotatable bonds is 9. The van der Waals surface area contributed by atoms with Gasteiger partial charge < -0.3 is 10.0 Å². The maximum atomic E-state index is 10.4. The van der Waals surface area contributed by atoms with E-state index in [1.54, 1.807) is 0 Å². The van der Waals surface area contributed by atoms with E-state index < -0.39 is 5.97 Å². The van der Waals surface area contributed by atoms with E-state index in [0.717, 1.165) is 13.1 Å². The van der Waals surface area contributed by atoms with Gasteiger partial charge in [-0.05, 0) is 25.9 Å². The fourth-order valence-electron chi connectivity index (χ4n) is 1.35. The molecular formula is C11H24NNaO2. The third kappa shape index (κ3) is 12.4. The third-order valence-corrected chi connectivity index (χ3v) is 2.30. The quantitative estimate of drug-likeness (QED) is 0.607. The van der Waals surface area contributed by atoms with Crippen molar-refractivity contribution < 1.29 is 9.90 Å². The van der Waals surface area contributed by atoms with Crippen LogP contribution < -0.4 is 0 Å². The van der Waals surface area contributed by atoms with Crippen LogP contribution in [0.5, 0.6) is 0 Å². The van der Waals surface area contributed by atoms with Crippen LogP contribution >= 0.6 is 0 Å². The van der Waals surface area contributed by atoms with Gasteiger partial charge in [-0.15, -0.1) is 0 Å². The Morgan fingerprint density at radius 1 is 1.07 bits per heavy atom. The predicted octanol–water partition coefficient (Wildman–Crippen LogP) is 1.71. The molecule has 1 N–H and O–H groups in total. The Morgan fingerprint density at radius 3 is 1.87 bits per heavy atom. The van der Waals surface area contributed by atoms with Gasteiger partial charge in [0.2, 0.25) is 0 Å². The van der Waals surface area contributed by atoms with Gasteiger partial charge in [0.05, 0.1) is 6.42 Å². The van der Waals surface area contributed by atoms with Crippen molar-refractivity contribution in [1.82, 2.24) is 4.90 Å². The molecule has 0 radical (unpaired) electrons. The van der Waals surface area contributed by atoms with Crippen LogP contribution in [0.1, 0.15) is 46.0 Å². The van der Waals surface area contributed by atoms with Crippen LogP contribution in [0.15, 0.2) is 0 Å². The van der Waals surface area contributed by atoms with Gasteiger partial charge in [0.15, 0.2) is 0 Å². The van der Waals surface area contributed by atoms with Crippen LogP contribution in [0, 0.1) is 0 Å². The first kappa shape index (κ1) is 17.8. The number of hydrogen-bond donors (Lipinski definition) is 1. The van der Waals surface area contributed by atoms with E-state index in [1.165, 1.54) is 25.7 Å². The molecule has 0 rings (SSSR count). The zero-order chi connectivity index (χ0) is 10.8. The summed E-state index contributed by atoms with van der Waals surface area (Å²) >= 11 is 0. The van der Waals surface area contributed by atoms with Crippen molar-refractivity contribution in [1.29, 1.82) is 0 Å². The molecule has 0 spiro atoms. The van der Waals surface area contributed by atoms with Gasteiger partial charge in [-0.2, -0.15) is 0 Å². The first-order chi connectivity index (χ1) is 6.70. The Hall–Kier alpha value is 0.430. The number of nitrogens with zero attached hydrogens (tertiary/aromatic N) is 1. The van der Waals surface area contributed by atoms with Gasteiger partial charge in [-0.25, -0.2) is 0 Å². The molecule has 0 aliphatic heterocycles.